The predicted molar refractivity (Wildman–Crippen MR) is 96.8 cm³/mol. The first kappa shape index (κ1) is 15.4. The molecule has 1 amide bonds. The molecule has 0 aliphatic rings. The third kappa shape index (κ3) is 2.76. The van der Waals surface area contributed by atoms with Gasteiger partial charge in [0.2, 0.25) is 0 Å². The van der Waals surface area contributed by atoms with Gasteiger partial charge in [0.15, 0.2) is 5.13 Å². The molecule has 0 unspecified atom stereocenters. The quantitative estimate of drug-likeness (QED) is 0.613. The lowest BCUT2D eigenvalue weighted by Crippen LogP contribution is -2.34. The Morgan fingerprint density at radius 2 is 1.84 bits per heavy atom. The van der Waals surface area contributed by atoms with Crippen molar-refractivity contribution in [2.24, 2.45) is 0 Å². The summed E-state index contributed by atoms with van der Waals surface area (Å²) in [6.07, 6.45) is 0. The Labute approximate surface area is 145 Å². The summed E-state index contributed by atoms with van der Waals surface area (Å²) in [4.78, 5) is 29.4. The van der Waals surface area contributed by atoms with Crippen molar-refractivity contribution in [3.8, 4) is 0 Å². The third-order valence-electron chi connectivity index (χ3n) is 3.86. The smallest absolute Gasteiger partial charge is 0.278 e. The van der Waals surface area contributed by atoms with E-state index in [1.165, 1.54) is 11.3 Å². The molecule has 25 heavy (non-hydrogen) atoms. The highest BCUT2D eigenvalue weighted by atomic mass is 32.1. The summed E-state index contributed by atoms with van der Waals surface area (Å²) in [7, 11) is 0. The largest absolute Gasteiger partial charge is 0.300 e. The van der Waals surface area contributed by atoms with E-state index in [-0.39, 0.29) is 11.5 Å². The van der Waals surface area contributed by atoms with Gasteiger partial charge in [-0.1, -0.05) is 40.8 Å². The van der Waals surface area contributed by atoms with Crippen LogP contribution in [-0.4, -0.2) is 25.9 Å². The van der Waals surface area contributed by atoms with Crippen LogP contribution in [0, 0.1) is 0 Å². The number of amides is 1. The Bertz CT molecular complexity index is 1120. The van der Waals surface area contributed by atoms with E-state index >= 15 is 0 Å². The van der Waals surface area contributed by atoms with Crippen LogP contribution in [0.15, 0.2) is 53.3 Å². The van der Waals surface area contributed by atoms with Gasteiger partial charge in [-0.3, -0.25) is 9.59 Å². The standard InChI is InChI=1S/C17H13N5O2S/c1-10(22-16(24)11-6-2-3-7-12(11)20-21-22)15(23)19-17-18-13-8-4-5-9-14(13)25-17/h2-10H,1H3,(H,18,19,23)/t10-/m0/s1. The Kier molecular flexibility index (Phi) is 3.73. The highest BCUT2D eigenvalue weighted by Gasteiger charge is 2.20. The van der Waals surface area contributed by atoms with Crippen molar-refractivity contribution in [3.63, 3.8) is 0 Å². The third-order valence-corrected chi connectivity index (χ3v) is 4.81. The molecule has 0 fully saturated rings. The zero-order valence-corrected chi connectivity index (χ0v) is 14.0. The molecule has 1 N–H and O–H groups in total. The Balaban J connectivity index is 1.64. The van der Waals surface area contributed by atoms with Crippen LogP contribution in [0.4, 0.5) is 5.13 Å². The number of benzene rings is 2. The molecular formula is C17H13N5O2S. The molecule has 0 saturated carbocycles. The molecule has 0 radical (unpaired) electrons. The number of thiazole rings is 1. The fraction of sp³-hybridized carbons (Fsp3) is 0.118. The van der Waals surface area contributed by atoms with Crippen LogP contribution in [0.3, 0.4) is 0 Å². The Morgan fingerprint density at radius 3 is 2.64 bits per heavy atom. The average molecular weight is 351 g/mol. The number of aromatic nitrogens is 4. The number of hydrogen-bond acceptors (Lipinski definition) is 6. The molecule has 8 heteroatoms. The number of nitrogens with zero attached hydrogens (tertiary/aromatic N) is 4. The first-order chi connectivity index (χ1) is 12.1. The monoisotopic (exact) mass is 351 g/mol. The average Bonchev–Trinajstić information content (AvgIpc) is 3.04. The Hall–Kier alpha value is -3.13. The lowest BCUT2D eigenvalue weighted by molar-refractivity contribution is -0.119. The fourth-order valence-corrected chi connectivity index (χ4v) is 3.37. The second kappa shape index (κ2) is 6.06. The molecule has 4 rings (SSSR count). The van der Waals surface area contributed by atoms with Crippen LogP contribution in [0.2, 0.25) is 0 Å². The van der Waals surface area contributed by atoms with Crippen LogP contribution in [0.1, 0.15) is 13.0 Å². The lowest BCUT2D eigenvalue weighted by Gasteiger charge is -2.12. The molecule has 1 atom stereocenters. The van der Waals surface area contributed by atoms with Crippen molar-refractivity contribution in [2.75, 3.05) is 5.32 Å². The van der Waals surface area contributed by atoms with Gasteiger partial charge in [-0.2, -0.15) is 4.68 Å². The lowest BCUT2D eigenvalue weighted by atomic mass is 10.2. The van der Waals surface area contributed by atoms with Gasteiger partial charge in [0.05, 0.1) is 15.6 Å². The molecule has 2 aromatic carbocycles. The minimum absolute atomic E-state index is 0.349. The van der Waals surface area contributed by atoms with Crippen LogP contribution >= 0.6 is 11.3 Å². The summed E-state index contributed by atoms with van der Waals surface area (Å²) in [6, 6.07) is 13.7. The molecule has 0 saturated heterocycles. The zero-order chi connectivity index (χ0) is 17.4. The molecule has 2 heterocycles. The number of nitrogens with one attached hydrogen (secondary N) is 1. The Morgan fingerprint density at radius 1 is 1.12 bits per heavy atom. The summed E-state index contributed by atoms with van der Waals surface area (Å²) >= 11 is 1.38. The number of anilines is 1. The van der Waals surface area contributed by atoms with Crippen molar-refractivity contribution in [3.05, 3.63) is 58.9 Å². The van der Waals surface area contributed by atoms with E-state index in [1.807, 2.05) is 24.3 Å². The van der Waals surface area contributed by atoms with Crippen molar-refractivity contribution in [1.29, 1.82) is 0 Å². The summed E-state index contributed by atoms with van der Waals surface area (Å²) in [6.45, 7) is 1.60. The van der Waals surface area contributed by atoms with Crippen molar-refractivity contribution in [1.82, 2.24) is 20.0 Å². The van der Waals surface area contributed by atoms with E-state index in [1.54, 1.807) is 31.2 Å². The number of hydrogen-bond donors (Lipinski definition) is 1. The molecular weight excluding hydrogens is 338 g/mol. The minimum atomic E-state index is -0.809. The van der Waals surface area contributed by atoms with Crippen LogP contribution in [0.5, 0.6) is 0 Å². The van der Waals surface area contributed by atoms with Gasteiger partial charge in [-0.25, -0.2) is 4.98 Å². The van der Waals surface area contributed by atoms with Crippen molar-refractivity contribution < 1.29 is 4.79 Å². The van der Waals surface area contributed by atoms with Crippen LogP contribution < -0.4 is 10.9 Å². The molecule has 124 valence electrons. The van der Waals surface area contributed by atoms with Crippen LogP contribution in [-0.2, 0) is 4.79 Å². The first-order valence-electron chi connectivity index (χ1n) is 7.64. The number of carbonyl (C=O) groups is 1. The molecule has 0 bridgehead atoms. The minimum Gasteiger partial charge on any atom is -0.300 e. The molecule has 4 aromatic rings. The number of fused-ring (bicyclic) bond motifs is 2. The number of rotatable bonds is 3. The topological polar surface area (TPSA) is 89.8 Å². The van der Waals surface area contributed by atoms with Gasteiger partial charge in [0.25, 0.3) is 11.5 Å². The molecule has 0 spiro atoms. The summed E-state index contributed by atoms with van der Waals surface area (Å²) in [5.41, 5.74) is 0.971. The van der Waals surface area contributed by atoms with Gasteiger partial charge >= 0.3 is 0 Å². The van der Waals surface area contributed by atoms with E-state index in [2.05, 4.69) is 20.6 Å². The van der Waals surface area contributed by atoms with Crippen molar-refractivity contribution >= 4 is 43.5 Å². The highest BCUT2D eigenvalue weighted by Crippen LogP contribution is 2.25. The summed E-state index contributed by atoms with van der Waals surface area (Å²) in [5, 5.41) is 11.6. The molecule has 2 aromatic heterocycles. The van der Waals surface area contributed by atoms with E-state index in [0.29, 0.717) is 16.0 Å². The number of carbonyl (C=O) groups excluding carboxylic acids is 1. The van der Waals surface area contributed by atoms with E-state index in [0.717, 1.165) is 14.9 Å². The highest BCUT2D eigenvalue weighted by molar-refractivity contribution is 7.22. The van der Waals surface area contributed by atoms with E-state index < -0.39 is 6.04 Å². The zero-order valence-electron chi connectivity index (χ0n) is 13.2. The maximum atomic E-state index is 12.5. The predicted octanol–water partition coefficient (Wildman–Crippen LogP) is 2.60. The molecule has 7 nitrogen and oxygen atoms in total. The maximum absolute atomic E-state index is 12.5. The van der Waals surface area contributed by atoms with E-state index in [9.17, 15) is 9.59 Å². The molecule has 0 aliphatic carbocycles. The summed E-state index contributed by atoms with van der Waals surface area (Å²) < 4.78 is 2.07. The first-order valence-corrected chi connectivity index (χ1v) is 8.46. The van der Waals surface area contributed by atoms with Gasteiger partial charge in [-0.05, 0) is 31.2 Å². The van der Waals surface area contributed by atoms with Gasteiger partial charge in [0, 0.05) is 0 Å². The van der Waals surface area contributed by atoms with Crippen molar-refractivity contribution in [2.45, 2.75) is 13.0 Å². The second-order valence-electron chi connectivity index (χ2n) is 5.51. The van der Waals surface area contributed by atoms with Crippen LogP contribution in [0.25, 0.3) is 21.1 Å². The maximum Gasteiger partial charge on any atom is 0.278 e. The second-order valence-corrected chi connectivity index (χ2v) is 6.54. The number of para-hydroxylation sites is 1. The van der Waals surface area contributed by atoms with Gasteiger partial charge < -0.3 is 5.32 Å². The van der Waals surface area contributed by atoms with E-state index in [4.69, 9.17) is 0 Å². The molecule has 0 aliphatic heterocycles. The SMILES string of the molecule is C[C@@H](C(=O)Nc1nc2ccccc2s1)n1nnc2ccccc2c1=O. The van der Waals surface area contributed by atoms with Gasteiger partial charge in [0.1, 0.15) is 11.6 Å². The summed E-state index contributed by atoms with van der Waals surface area (Å²) in [5.74, 6) is -0.370. The fourth-order valence-electron chi connectivity index (χ4n) is 2.50. The normalized spacial score (nSPS) is 12.4. The van der Waals surface area contributed by atoms with Gasteiger partial charge in [-0.15, -0.1) is 5.10 Å².